The van der Waals surface area contributed by atoms with Gasteiger partial charge in [-0.3, -0.25) is 4.99 Å². The molecule has 0 radical (unpaired) electrons. The number of nitrogens with one attached hydrogen (secondary N) is 1. The van der Waals surface area contributed by atoms with Gasteiger partial charge in [-0.2, -0.15) is 0 Å². The van der Waals surface area contributed by atoms with Crippen molar-refractivity contribution in [3.8, 4) is 0 Å². The summed E-state index contributed by atoms with van der Waals surface area (Å²) < 4.78 is 0. The number of carbonyl (C=O) groups is 1. The maximum Gasteiger partial charge on any atom is 1.00 e. The van der Waals surface area contributed by atoms with Gasteiger partial charge in [0.25, 0.3) is 0 Å². The van der Waals surface area contributed by atoms with Gasteiger partial charge in [0.05, 0.1) is 12.5 Å². The van der Waals surface area contributed by atoms with Crippen LogP contribution >= 0.6 is 0 Å². The number of carbonyl (C=O) groups excluding carboxylic acids is 1. The van der Waals surface area contributed by atoms with E-state index in [1.165, 1.54) is 12.1 Å². The van der Waals surface area contributed by atoms with E-state index in [1.54, 1.807) is 18.2 Å². The quantitative estimate of drug-likeness (QED) is 0.181. The van der Waals surface area contributed by atoms with Gasteiger partial charge in [0.2, 0.25) is 0 Å². The second-order valence-corrected chi connectivity index (χ2v) is 3.31. The van der Waals surface area contributed by atoms with Crippen molar-refractivity contribution in [1.82, 2.24) is 0 Å². The maximum atomic E-state index is 10.6. The fourth-order valence-corrected chi connectivity index (χ4v) is 1.23. The number of hydrogen-bond donors (Lipinski definition) is 1. The first-order valence-electron chi connectivity index (χ1n) is 4.54. The molecule has 0 aliphatic heterocycles. The Morgan fingerprint density at radius 3 is 2.78 bits per heavy atom. The molecule has 0 amide bonds. The Morgan fingerprint density at radius 2 is 2.22 bits per heavy atom. The molecule has 0 unspecified atom stereocenters. The Balaban J connectivity index is 0. The molecule has 0 aromatic heterocycles. The number of nitrogens with zero attached hydrogens (tertiary/aromatic N) is 1. The summed E-state index contributed by atoms with van der Waals surface area (Å²) in [5.41, 5.74) is 0.663. The van der Waals surface area contributed by atoms with Crippen LogP contribution in [0.1, 0.15) is 10.4 Å². The molecule has 7 heteroatoms. The SMILES string of the molecule is C=CCN=C([S-])Nc1cccc(C(=O)[O-])c1.[Au+].[Na+]. The van der Waals surface area contributed by atoms with Crippen molar-refractivity contribution >= 4 is 29.5 Å². The van der Waals surface area contributed by atoms with Crippen molar-refractivity contribution in [3.05, 3.63) is 42.5 Å². The van der Waals surface area contributed by atoms with Gasteiger partial charge >= 0.3 is 51.9 Å². The number of benzene rings is 1. The van der Waals surface area contributed by atoms with Gasteiger partial charge in [-0.1, -0.05) is 18.2 Å². The molecule has 18 heavy (non-hydrogen) atoms. The zero-order valence-corrected chi connectivity index (χ0v) is 14.8. The third-order valence-electron chi connectivity index (χ3n) is 1.71. The molecular weight excluding hydrogens is 444 g/mol. The van der Waals surface area contributed by atoms with Crippen molar-refractivity contribution < 1.29 is 61.8 Å². The zero-order chi connectivity index (χ0) is 12.0. The molecule has 0 saturated heterocycles. The summed E-state index contributed by atoms with van der Waals surface area (Å²) in [6.45, 7) is 3.93. The Bertz CT molecular complexity index is 441. The van der Waals surface area contributed by atoms with Crippen molar-refractivity contribution in [2.24, 2.45) is 4.99 Å². The summed E-state index contributed by atoms with van der Waals surface area (Å²) in [4.78, 5) is 14.6. The maximum absolute atomic E-state index is 10.6. The summed E-state index contributed by atoms with van der Waals surface area (Å²) in [5, 5.41) is 13.7. The molecule has 0 fully saturated rings. The first kappa shape index (κ1) is 20.2. The van der Waals surface area contributed by atoms with Crippen LogP contribution in [0.3, 0.4) is 0 Å². The minimum Gasteiger partial charge on any atom is -0.743 e. The number of carboxylic acid groups (broad SMARTS) is 1. The predicted octanol–water partition coefficient (Wildman–Crippen LogP) is -2.45. The van der Waals surface area contributed by atoms with Crippen LogP contribution in [0.2, 0.25) is 0 Å². The second kappa shape index (κ2) is 10.8. The summed E-state index contributed by atoms with van der Waals surface area (Å²) in [6, 6.07) is 6.18. The van der Waals surface area contributed by atoms with Crippen LogP contribution in [0.4, 0.5) is 5.69 Å². The second-order valence-electron chi connectivity index (χ2n) is 2.93. The predicted molar refractivity (Wildman–Crippen MR) is 64.3 cm³/mol. The van der Waals surface area contributed by atoms with Gasteiger partial charge in [0.1, 0.15) is 0 Å². The van der Waals surface area contributed by atoms with Crippen LogP contribution in [0.15, 0.2) is 41.9 Å². The number of rotatable bonds is 4. The van der Waals surface area contributed by atoms with Gasteiger partial charge in [-0.25, -0.2) is 0 Å². The van der Waals surface area contributed by atoms with Gasteiger partial charge in [-0.05, 0) is 22.9 Å². The van der Waals surface area contributed by atoms with E-state index in [0.717, 1.165) is 0 Å². The number of aliphatic imine (C=N–C) groups is 1. The molecule has 1 aromatic carbocycles. The fourth-order valence-electron chi connectivity index (χ4n) is 1.03. The van der Waals surface area contributed by atoms with E-state index in [1.807, 2.05) is 0 Å². The van der Waals surface area contributed by atoms with Crippen LogP contribution in [-0.2, 0) is 35.0 Å². The van der Waals surface area contributed by atoms with E-state index in [9.17, 15) is 9.90 Å². The topological polar surface area (TPSA) is 64.5 Å². The molecule has 0 bridgehead atoms. The first-order chi connectivity index (χ1) is 7.63. The van der Waals surface area contributed by atoms with Crippen LogP contribution < -0.4 is 40.0 Å². The number of carboxylic acids is 1. The number of amidine groups is 1. The molecule has 1 rings (SSSR count). The van der Waals surface area contributed by atoms with E-state index in [2.05, 4.69) is 16.9 Å². The van der Waals surface area contributed by atoms with Crippen molar-refractivity contribution in [2.75, 3.05) is 11.9 Å². The minimum atomic E-state index is -1.22. The van der Waals surface area contributed by atoms with Crippen molar-refractivity contribution in [2.45, 2.75) is 0 Å². The van der Waals surface area contributed by atoms with Gasteiger partial charge in [0.15, 0.2) is 0 Å². The monoisotopic (exact) mass is 454 g/mol. The van der Waals surface area contributed by atoms with Gasteiger partial charge in [-0.15, -0.1) is 6.58 Å². The zero-order valence-electron chi connectivity index (χ0n) is 9.77. The van der Waals surface area contributed by atoms with E-state index >= 15 is 0 Å². The molecular formula is C11H10AuN2NaO2S. The summed E-state index contributed by atoms with van der Waals surface area (Å²) in [5.74, 6) is -1.22. The number of anilines is 1. The van der Waals surface area contributed by atoms with Crippen LogP contribution in [0.5, 0.6) is 0 Å². The average Bonchev–Trinajstić information content (AvgIpc) is 2.26. The summed E-state index contributed by atoms with van der Waals surface area (Å²) in [7, 11) is 0. The molecule has 0 heterocycles. The Hall–Kier alpha value is -0.140. The Kier molecular flexibility index (Phi) is 12.1. The molecule has 94 valence electrons. The Labute approximate surface area is 149 Å². The third-order valence-corrected chi connectivity index (χ3v) is 1.94. The van der Waals surface area contributed by atoms with E-state index in [4.69, 9.17) is 12.6 Å². The van der Waals surface area contributed by atoms with Crippen LogP contribution in [0.25, 0.3) is 0 Å². The summed E-state index contributed by atoms with van der Waals surface area (Å²) >= 11 is 4.92. The number of aromatic carboxylic acids is 1. The molecule has 0 aliphatic rings. The molecule has 4 nitrogen and oxygen atoms in total. The molecule has 0 atom stereocenters. The fraction of sp³-hybridized carbons (Fsp3) is 0.0909. The van der Waals surface area contributed by atoms with Gasteiger partial charge < -0.3 is 27.8 Å². The average molecular weight is 454 g/mol. The molecule has 0 aliphatic carbocycles. The molecule has 0 saturated carbocycles. The van der Waals surface area contributed by atoms with Crippen LogP contribution in [0, 0.1) is 0 Å². The molecule has 1 N–H and O–H groups in total. The normalized spacial score (nSPS) is 9.67. The largest absolute Gasteiger partial charge is 1.00 e. The Morgan fingerprint density at radius 1 is 1.56 bits per heavy atom. The van der Waals surface area contributed by atoms with Crippen molar-refractivity contribution in [3.63, 3.8) is 0 Å². The number of hydrogen-bond acceptors (Lipinski definition) is 4. The van der Waals surface area contributed by atoms with E-state index < -0.39 is 5.97 Å². The smallest absolute Gasteiger partial charge is 0.743 e. The minimum absolute atomic E-state index is 0. The third kappa shape index (κ3) is 7.33. The summed E-state index contributed by atoms with van der Waals surface area (Å²) in [6.07, 6.45) is 1.62. The van der Waals surface area contributed by atoms with E-state index in [-0.39, 0.29) is 62.7 Å². The van der Waals surface area contributed by atoms with Gasteiger partial charge in [0, 0.05) is 5.69 Å². The first-order valence-corrected chi connectivity index (χ1v) is 4.95. The van der Waals surface area contributed by atoms with Crippen molar-refractivity contribution in [1.29, 1.82) is 0 Å². The molecule has 1 aromatic rings. The van der Waals surface area contributed by atoms with E-state index in [0.29, 0.717) is 12.2 Å². The molecule has 0 spiro atoms. The van der Waals surface area contributed by atoms with Crippen LogP contribution in [-0.4, -0.2) is 17.7 Å². The standard InChI is InChI=1S/C11H12N2O2S.Au.Na/c1-2-6-12-11(16)13-9-5-3-4-8(7-9)10(14)15;;/h2-5,7H,1,6H2,(H,14,15)(H2,12,13,16);;/q;2*+1/p-2.